The van der Waals surface area contributed by atoms with Crippen LogP contribution in [0.25, 0.3) is 0 Å². The summed E-state index contributed by atoms with van der Waals surface area (Å²) in [7, 11) is 0. The van der Waals surface area contributed by atoms with Gasteiger partial charge in [-0.15, -0.1) is 0 Å². The Balaban J connectivity index is 1.88. The van der Waals surface area contributed by atoms with Gasteiger partial charge in [-0.3, -0.25) is 4.98 Å². The lowest BCUT2D eigenvalue weighted by Gasteiger charge is -2.16. The Bertz CT molecular complexity index is 559. The monoisotopic (exact) mass is 242 g/mol. The molecule has 0 radical (unpaired) electrons. The first-order valence-electron chi connectivity index (χ1n) is 6.51. The van der Waals surface area contributed by atoms with Crippen LogP contribution in [0.1, 0.15) is 41.3 Å². The number of nitrogens with zero attached hydrogens (tertiary/aromatic N) is 2. The van der Waals surface area contributed by atoms with Crippen molar-refractivity contribution in [3.63, 3.8) is 0 Å². The van der Waals surface area contributed by atoms with Gasteiger partial charge in [0, 0.05) is 24.2 Å². The maximum Gasteiger partial charge on any atom is 0.0807 e. The first-order chi connectivity index (χ1) is 8.74. The van der Waals surface area contributed by atoms with Gasteiger partial charge < -0.3 is 9.67 Å². The summed E-state index contributed by atoms with van der Waals surface area (Å²) in [6.45, 7) is 2.87. The highest BCUT2D eigenvalue weighted by Gasteiger charge is 2.19. The van der Waals surface area contributed by atoms with Gasteiger partial charge in [0.1, 0.15) is 0 Å². The molecule has 0 saturated heterocycles. The molecule has 0 spiro atoms. The molecule has 0 bridgehead atoms. The lowest BCUT2D eigenvalue weighted by Crippen LogP contribution is -2.05. The van der Waals surface area contributed by atoms with Gasteiger partial charge in [0.15, 0.2) is 0 Å². The number of rotatable bonds is 2. The molecule has 2 aromatic rings. The third-order valence-corrected chi connectivity index (χ3v) is 3.73. The van der Waals surface area contributed by atoms with E-state index in [4.69, 9.17) is 0 Å². The quantitative estimate of drug-likeness (QED) is 0.879. The second-order valence-electron chi connectivity index (χ2n) is 5.09. The Hall–Kier alpha value is -1.61. The van der Waals surface area contributed by atoms with Crippen molar-refractivity contribution in [2.45, 2.75) is 38.8 Å². The number of aliphatic hydroxyl groups is 1. The summed E-state index contributed by atoms with van der Waals surface area (Å²) < 4.78 is 2.15. The van der Waals surface area contributed by atoms with Gasteiger partial charge in [0.05, 0.1) is 18.3 Å². The number of hydrogen-bond donors (Lipinski definition) is 1. The second-order valence-corrected chi connectivity index (χ2v) is 5.09. The third kappa shape index (κ3) is 2.06. The van der Waals surface area contributed by atoms with Crippen LogP contribution in [0.2, 0.25) is 0 Å². The number of aryl methyl sites for hydroxylation is 2. The maximum atomic E-state index is 9.97. The van der Waals surface area contributed by atoms with Crippen molar-refractivity contribution in [3.8, 4) is 0 Å². The highest BCUT2D eigenvalue weighted by molar-refractivity contribution is 5.30. The van der Waals surface area contributed by atoms with Gasteiger partial charge in [-0.2, -0.15) is 0 Å². The van der Waals surface area contributed by atoms with Gasteiger partial charge in [0.25, 0.3) is 0 Å². The summed E-state index contributed by atoms with van der Waals surface area (Å²) in [5, 5.41) is 9.97. The van der Waals surface area contributed by atoms with E-state index in [1.165, 1.54) is 11.1 Å². The zero-order valence-corrected chi connectivity index (χ0v) is 10.6. The minimum Gasteiger partial charge on any atom is -0.388 e. The summed E-state index contributed by atoms with van der Waals surface area (Å²) in [5.41, 5.74) is 4.71. The molecule has 0 amide bonds. The van der Waals surface area contributed by atoms with Crippen LogP contribution in [-0.2, 0) is 13.0 Å². The zero-order valence-electron chi connectivity index (χ0n) is 10.6. The summed E-state index contributed by atoms with van der Waals surface area (Å²) in [6, 6.07) is 4.05. The molecule has 0 aromatic carbocycles. The fraction of sp³-hybridized carbons (Fsp3) is 0.400. The molecule has 3 heteroatoms. The SMILES string of the molecule is Cc1cccnc1Cn1cc2c(c1)C(O)CCC2. The molecular formula is C15H18N2O. The van der Waals surface area contributed by atoms with Crippen LogP contribution in [0, 0.1) is 6.92 Å². The smallest absolute Gasteiger partial charge is 0.0807 e. The van der Waals surface area contributed by atoms with Crippen LogP contribution in [0.4, 0.5) is 0 Å². The maximum absolute atomic E-state index is 9.97. The minimum atomic E-state index is -0.278. The van der Waals surface area contributed by atoms with Crippen molar-refractivity contribution < 1.29 is 5.11 Å². The topological polar surface area (TPSA) is 38.0 Å². The Kier molecular flexibility index (Phi) is 2.92. The molecule has 1 unspecified atom stereocenters. The van der Waals surface area contributed by atoms with Gasteiger partial charge >= 0.3 is 0 Å². The molecule has 94 valence electrons. The number of fused-ring (bicyclic) bond motifs is 1. The molecule has 1 N–H and O–H groups in total. The highest BCUT2D eigenvalue weighted by Crippen LogP contribution is 2.30. The van der Waals surface area contributed by atoms with Crippen LogP contribution in [-0.4, -0.2) is 14.7 Å². The summed E-state index contributed by atoms with van der Waals surface area (Å²) >= 11 is 0. The van der Waals surface area contributed by atoms with E-state index in [0.29, 0.717) is 0 Å². The molecular weight excluding hydrogens is 224 g/mol. The van der Waals surface area contributed by atoms with E-state index in [2.05, 4.69) is 34.9 Å². The number of hydrogen-bond acceptors (Lipinski definition) is 2. The second kappa shape index (κ2) is 4.58. The molecule has 18 heavy (non-hydrogen) atoms. The van der Waals surface area contributed by atoms with Crippen molar-refractivity contribution in [2.75, 3.05) is 0 Å². The lowest BCUT2D eigenvalue weighted by atomic mass is 9.93. The highest BCUT2D eigenvalue weighted by atomic mass is 16.3. The normalized spacial score (nSPS) is 18.7. The summed E-state index contributed by atoms with van der Waals surface area (Å²) in [6.07, 6.45) is 8.85. The van der Waals surface area contributed by atoms with Crippen LogP contribution >= 0.6 is 0 Å². The molecule has 1 aliphatic rings. The van der Waals surface area contributed by atoms with Crippen molar-refractivity contribution in [3.05, 3.63) is 53.1 Å². The predicted octanol–water partition coefficient (Wildman–Crippen LogP) is 2.61. The fourth-order valence-corrected chi connectivity index (χ4v) is 2.67. The molecule has 1 aliphatic carbocycles. The first kappa shape index (κ1) is 11.5. The largest absolute Gasteiger partial charge is 0.388 e. The standard InChI is InChI=1S/C15H18N2O/c1-11-4-3-7-16-14(11)10-17-8-12-5-2-6-15(18)13(12)9-17/h3-4,7-9,15,18H,2,5-6,10H2,1H3. The van der Waals surface area contributed by atoms with Crippen LogP contribution < -0.4 is 0 Å². The molecule has 1 atom stereocenters. The molecule has 3 nitrogen and oxygen atoms in total. The number of pyridine rings is 1. The van der Waals surface area contributed by atoms with Crippen molar-refractivity contribution in [1.82, 2.24) is 9.55 Å². The van der Waals surface area contributed by atoms with E-state index < -0.39 is 0 Å². The van der Waals surface area contributed by atoms with E-state index in [9.17, 15) is 5.11 Å². The van der Waals surface area contributed by atoms with Crippen molar-refractivity contribution >= 4 is 0 Å². The average molecular weight is 242 g/mol. The predicted molar refractivity (Wildman–Crippen MR) is 70.4 cm³/mol. The van der Waals surface area contributed by atoms with Gasteiger partial charge in [-0.05, 0) is 43.4 Å². The Morgan fingerprint density at radius 2 is 2.33 bits per heavy atom. The molecule has 2 heterocycles. The van der Waals surface area contributed by atoms with E-state index >= 15 is 0 Å². The fourth-order valence-electron chi connectivity index (χ4n) is 2.67. The minimum absolute atomic E-state index is 0.278. The molecule has 3 rings (SSSR count). The van der Waals surface area contributed by atoms with Gasteiger partial charge in [0.2, 0.25) is 0 Å². The van der Waals surface area contributed by atoms with Gasteiger partial charge in [-0.25, -0.2) is 0 Å². The van der Waals surface area contributed by atoms with Crippen molar-refractivity contribution in [1.29, 1.82) is 0 Å². The lowest BCUT2D eigenvalue weighted by molar-refractivity contribution is 0.157. The van der Waals surface area contributed by atoms with E-state index in [1.807, 2.05) is 12.3 Å². The van der Waals surface area contributed by atoms with Gasteiger partial charge in [-0.1, -0.05) is 6.07 Å². The summed E-state index contributed by atoms with van der Waals surface area (Å²) in [5.74, 6) is 0. The Morgan fingerprint density at radius 3 is 3.11 bits per heavy atom. The molecule has 0 fully saturated rings. The summed E-state index contributed by atoms with van der Waals surface area (Å²) in [4.78, 5) is 4.42. The van der Waals surface area contributed by atoms with E-state index in [-0.39, 0.29) is 6.10 Å². The number of aliphatic hydroxyl groups excluding tert-OH is 1. The average Bonchev–Trinajstić information content (AvgIpc) is 2.76. The Labute approximate surface area is 107 Å². The molecule has 2 aromatic heterocycles. The Morgan fingerprint density at radius 1 is 1.44 bits per heavy atom. The molecule has 0 aliphatic heterocycles. The van der Waals surface area contributed by atoms with Crippen LogP contribution in [0.3, 0.4) is 0 Å². The van der Waals surface area contributed by atoms with Crippen LogP contribution in [0.15, 0.2) is 30.7 Å². The third-order valence-electron chi connectivity index (χ3n) is 3.73. The zero-order chi connectivity index (χ0) is 12.5. The van der Waals surface area contributed by atoms with E-state index in [0.717, 1.165) is 37.1 Å². The first-order valence-corrected chi connectivity index (χ1v) is 6.51. The number of aromatic nitrogens is 2. The van der Waals surface area contributed by atoms with Crippen LogP contribution in [0.5, 0.6) is 0 Å². The van der Waals surface area contributed by atoms with Crippen molar-refractivity contribution in [2.24, 2.45) is 0 Å². The van der Waals surface area contributed by atoms with E-state index in [1.54, 1.807) is 0 Å². The molecule has 0 saturated carbocycles.